The molecule has 15 heteroatoms. The standard InChI is InChI=1S/C24H26N8O.C4H6O6/c1-30(17-23(26)33)16-18-3-2-4-19(11-18)20-13-28-24(29-14-20)32-9-7-31(8-10-32)22-6-5-21(12-25)27-15-22;5-1(3(7)8)2(6)4(9)10/h2-6,11,13-15H,7-10,16-17H2,1H3,(H2,26,33);1-2,5-6H,(H,7,8)(H,9,10). The Kier molecular flexibility index (Phi) is 11.4. The molecule has 0 radical (unpaired) electrons. The molecule has 1 amide bonds. The Balaban J connectivity index is 0.000000436. The molecule has 1 fully saturated rings. The van der Waals surface area contributed by atoms with E-state index in [-0.39, 0.29) is 12.5 Å². The predicted molar refractivity (Wildman–Crippen MR) is 154 cm³/mol. The van der Waals surface area contributed by atoms with Gasteiger partial charge in [-0.25, -0.2) is 24.5 Å². The van der Waals surface area contributed by atoms with Crippen LogP contribution in [-0.4, -0.2) is 110 Å². The largest absolute Gasteiger partial charge is 0.479 e. The molecule has 2 unspecified atom stereocenters. The Morgan fingerprint density at radius 3 is 2.05 bits per heavy atom. The van der Waals surface area contributed by atoms with E-state index in [0.29, 0.717) is 18.2 Å². The minimum absolute atomic E-state index is 0.219. The highest BCUT2D eigenvalue weighted by molar-refractivity contribution is 5.83. The summed E-state index contributed by atoms with van der Waals surface area (Å²) in [6.45, 7) is 4.13. The lowest BCUT2D eigenvalue weighted by Gasteiger charge is -2.35. The van der Waals surface area contributed by atoms with Gasteiger partial charge in [-0.1, -0.05) is 18.2 Å². The maximum Gasteiger partial charge on any atom is 0.335 e. The number of aliphatic hydroxyl groups excluding tert-OH is 2. The molecule has 43 heavy (non-hydrogen) atoms. The normalized spacial score (nSPS) is 14.2. The molecule has 2 aromatic heterocycles. The van der Waals surface area contributed by atoms with E-state index >= 15 is 0 Å². The van der Waals surface area contributed by atoms with Crippen molar-refractivity contribution < 1.29 is 34.8 Å². The van der Waals surface area contributed by atoms with Gasteiger partial charge in [-0.05, 0) is 36.4 Å². The lowest BCUT2D eigenvalue weighted by atomic mass is 10.1. The van der Waals surface area contributed by atoms with E-state index in [1.54, 1.807) is 12.3 Å². The molecular formula is C28H32N8O7. The summed E-state index contributed by atoms with van der Waals surface area (Å²) >= 11 is 0. The number of piperazine rings is 1. The summed E-state index contributed by atoms with van der Waals surface area (Å²) < 4.78 is 0. The summed E-state index contributed by atoms with van der Waals surface area (Å²) in [7, 11) is 1.87. The van der Waals surface area contributed by atoms with Gasteiger partial charge < -0.3 is 36.0 Å². The van der Waals surface area contributed by atoms with Gasteiger partial charge in [-0.15, -0.1) is 0 Å². The summed E-state index contributed by atoms with van der Waals surface area (Å²) in [4.78, 5) is 50.3. The Bertz CT molecular complexity index is 1420. The van der Waals surface area contributed by atoms with Crippen LogP contribution < -0.4 is 15.5 Å². The van der Waals surface area contributed by atoms with Crippen molar-refractivity contribution in [1.29, 1.82) is 5.26 Å². The molecule has 1 aliphatic heterocycles. The van der Waals surface area contributed by atoms with Crippen LogP contribution in [0.15, 0.2) is 55.0 Å². The second-order valence-corrected chi connectivity index (χ2v) is 9.66. The zero-order valence-corrected chi connectivity index (χ0v) is 23.3. The number of carbonyl (C=O) groups is 3. The Morgan fingerprint density at radius 2 is 1.53 bits per heavy atom. The second-order valence-electron chi connectivity index (χ2n) is 9.66. The highest BCUT2D eigenvalue weighted by Crippen LogP contribution is 2.22. The number of nitrogens with zero attached hydrogens (tertiary/aromatic N) is 7. The predicted octanol–water partition coefficient (Wildman–Crippen LogP) is -0.469. The van der Waals surface area contributed by atoms with Crippen molar-refractivity contribution in [2.45, 2.75) is 18.8 Å². The van der Waals surface area contributed by atoms with Crippen LogP contribution in [0, 0.1) is 11.3 Å². The Morgan fingerprint density at radius 1 is 0.930 bits per heavy atom. The van der Waals surface area contributed by atoms with Gasteiger partial charge in [0.2, 0.25) is 11.9 Å². The van der Waals surface area contributed by atoms with Gasteiger partial charge in [0.1, 0.15) is 11.8 Å². The smallest absolute Gasteiger partial charge is 0.335 e. The van der Waals surface area contributed by atoms with Crippen molar-refractivity contribution in [3.05, 3.63) is 66.2 Å². The fraction of sp³-hybridized carbons (Fsp3) is 0.321. The van der Waals surface area contributed by atoms with Crippen LogP contribution in [0.25, 0.3) is 11.1 Å². The number of benzene rings is 1. The van der Waals surface area contributed by atoms with Crippen LogP contribution in [0.4, 0.5) is 11.6 Å². The number of primary amides is 1. The van der Waals surface area contributed by atoms with Gasteiger partial charge >= 0.3 is 11.9 Å². The molecule has 3 aromatic rings. The number of carboxylic acids is 2. The number of anilines is 2. The number of likely N-dealkylation sites (N-methyl/N-ethyl adjacent to an activating group) is 1. The van der Waals surface area contributed by atoms with Gasteiger partial charge in [0.25, 0.3) is 0 Å². The number of aliphatic hydroxyl groups is 2. The number of nitriles is 1. The molecule has 2 atom stereocenters. The minimum Gasteiger partial charge on any atom is -0.479 e. The zero-order chi connectivity index (χ0) is 31.5. The minimum atomic E-state index is -2.27. The zero-order valence-electron chi connectivity index (χ0n) is 23.3. The van der Waals surface area contributed by atoms with Crippen LogP contribution in [0.1, 0.15) is 11.3 Å². The van der Waals surface area contributed by atoms with Gasteiger partial charge in [0.15, 0.2) is 12.2 Å². The second kappa shape index (κ2) is 15.2. The number of rotatable bonds is 10. The number of pyridine rings is 1. The van der Waals surface area contributed by atoms with Crippen molar-refractivity contribution in [1.82, 2.24) is 19.9 Å². The molecule has 4 rings (SSSR count). The van der Waals surface area contributed by atoms with Gasteiger partial charge in [-0.3, -0.25) is 9.69 Å². The van der Waals surface area contributed by atoms with Gasteiger partial charge in [0.05, 0.1) is 18.4 Å². The number of hydrogen-bond acceptors (Lipinski definition) is 12. The number of carbonyl (C=O) groups excluding carboxylic acids is 1. The maximum atomic E-state index is 11.1. The first kappa shape index (κ1) is 32.3. The van der Waals surface area contributed by atoms with Gasteiger partial charge in [0, 0.05) is 50.7 Å². The molecule has 6 N–H and O–H groups in total. The molecule has 1 aliphatic rings. The molecular weight excluding hydrogens is 560 g/mol. The number of amides is 1. The molecule has 0 bridgehead atoms. The topological polar surface area (TPSA) is 230 Å². The third-order valence-electron chi connectivity index (χ3n) is 6.37. The van der Waals surface area contributed by atoms with E-state index in [9.17, 15) is 14.4 Å². The van der Waals surface area contributed by atoms with Crippen LogP contribution in [-0.2, 0) is 20.9 Å². The number of aromatic nitrogens is 3. The van der Waals surface area contributed by atoms with Crippen molar-refractivity contribution in [2.24, 2.45) is 5.73 Å². The summed E-state index contributed by atoms with van der Waals surface area (Å²) in [6, 6.07) is 13.9. The molecule has 0 spiro atoms. The van der Waals surface area contributed by atoms with E-state index in [1.165, 1.54) is 0 Å². The maximum absolute atomic E-state index is 11.1. The van der Waals surface area contributed by atoms with Crippen molar-refractivity contribution in [3.63, 3.8) is 0 Å². The number of aliphatic carboxylic acids is 2. The van der Waals surface area contributed by atoms with Crippen LogP contribution >= 0.6 is 0 Å². The fourth-order valence-electron chi connectivity index (χ4n) is 4.19. The Labute approximate surface area is 247 Å². The first-order chi connectivity index (χ1) is 20.5. The molecule has 15 nitrogen and oxygen atoms in total. The first-order valence-corrected chi connectivity index (χ1v) is 13.0. The highest BCUT2D eigenvalue weighted by Gasteiger charge is 2.29. The summed E-state index contributed by atoms with van der Waals surface area (Å²) in [5, 5.41) is 41.4. The SMILES string of the molecule is CN(CC(N)=O)Cc1cccc(-c2cnc(N3CCN(c4ccc(C#N)nc4)CC3)nc2)c1.O=C(O)C(O)C(O)C(=O)O. The lowest BCUT2D eigenvalue weighted by Crippen LogP contribution is -2.47. The lowest BCUT2D eigenvalue weighted by molar-refractivity contribution is -0.165. The van der Waals surface area contributed by atoms with E-state index in [4.69, 9.17) is 31.4 Å². The van der Waals surface area contributed by atoms with E-state index < -0.39 is 24.1 Å². The van der Waals surface area contributed by atoms with Gasteiger partial charge in [-0.2, -0.15) is 5.26 Å². The third-order valence-corrected chi connectivity index (χ3v) is 6.37. The number of nitrogens with two attached hydrogens (primary N) is 1. The number of carboxylic acid groups (broad SMARTS) is 2. The van der Waals surface area contributed by atoms with Crippen molar-refractivity contribution >= 4 is 29.5 Å². The molecule has 0 aliphatic carbocycles. The monoisotopic (exact) mass is 592 g/mol. The summed E-state index contributed by atoms with van der Waals surface area (Å²) in [6.07, 6.45) is 0.922. The highest BCUT2D eigenvalue weighted by atomic mass is 16.4. The first-order valence-electron chi connectivity index (χ1n) is 13.0. The number of hydrogen-bond donors (Lipinski definition) is 5. The molecule has 3 heterocycles. The van der Waals surface area contributed by atoms with E-state index in [2.05, 4.69) is 30.8 Å². The van der Waals surface area contributed by atoms with Crippen LogP contribution in [0.3, 0.4) is 0 Å². The van der Waals surface area contributed by atoms with Crippen molar-refractivity contribution in [2.75, 3.05) is 49.6 Å². The summed E-state index contributed by atoms with van der Waals surface area (Å²) in [5.74, 6) is -3.16. The molecule has 1 aromatic carbocycles. The van der Waals surface area contributed by atoms with E-state index in [1.807, 2.05) is 54.7 Å². The fourth-order valence-corrected chi connectivity index (χ4v) is 4.19. The van der Waals surface area contributed by atoms with Crippen molar-refractivity contribution in [3.8, 4) is 17.2 Å². The summed E-state index contributed by atoms with van der Waals surface area (Å²) in [5.41, 5.74) is 9.79. The molecule has 226 valence electrons. The van der Waals surface area contributed by atoms with Crippen LogP contribution in [0.5, 0.6) is 0 Å². The molecule has 1 saturated heterocycles. The average molecular weight is 593 g/mol. The molecule has 0 saturated carbocycles. The van der Waals surface area contributed by atoms with E-state index in [0.717, 1.165) is 48.6 Å². The Hall–Kier alpha value is -5.17. The average Bonchev–Trinajstić information content (AvgIpc) is 3.00. The quantitative estimate of drug-likeness (QED) is 0.200. The van der Waals surface area contributed by atoms with Crippen LogP contribution in [0.2, 0.25) is 0 Å². The third kappa shape index (κ3) is 9.43.